The molecule has 0 aliphatic carbocycles. The Hall–Kier alpha value is -2.77. The van der Waals surface area contributed by atoms with Gasteiger partial charge in [-0.1, -0.05) is 0 Å². The first-order valence-electron chi connectivity index (χ1n) is 6.29. The number of aryl methyl sites for hydroxylation is 1. The van der Waals surface area contributed by atoms with Crippen molar-refractivity contribution in [2.45, 2.75) is 13.5 Å². The normalized spacial score (nSPS) is 10.2. The Bertz CT molecular complexity index is 681. The van der Waals surface area contributed by atoms with Gasteiger partial charge >= 0.3 is 0 Å². The van der Waals surface area contributed by atoms with E-state index in [4.69, 9.17) is 4.74 Å². The third-order valence-electron chi connectivity index (χ3n) is 2.74. The maximum absolute atomic E-state index is 11.8. The number of aromatic nitrogens is 4. The van der Waals surface area contributed by atoms with Crippen LogP contribution in [0.25, 0.3) is 0 Å². The first-order valence-corrected chi connectivity index (χ1v) is 6.29. The van der Waals surface area contributed by atoms with E-state index in [1.54, 1.807) is 13.0 Å². The fourth-order valence-electron chi connectivity index (χ4n) is 1.61. The molecule has 0 spiro atoms. The number of rotatable bonds is 5. The van der Waals surface area contributed by atoms with E-state index < -0.39 is 0 Å². The van der Waals surface area contributed by atoms with Gasteiger partial charge in [0.15, 0.2) is 5.69 Å². The quantitative estimate of drug-likeness (QED) is 0.817. The van der Waals surface area contributed by atoms with Crippen LogP contribution in [0.1, 0.15) is 16.2 Å². The lowest BCUT2D eigenvalue weighted by Crippen LogP contribution is -2.31. The van der Waals surface area contributed by atoms with Crippen molar-refractivity contribution in [3.8, 4) is 5.88 Å². The highest BCUT2D eigenvalue weighted by molar-refractivity contribution is 5.92. The SMILES string of the molecule is COc1ccc(C(=O)NCCn2cnc(C)cc2=O)nn1. The Morgan fingerprint density at radius 2 is 2.19 bits per heavy atom. The summed E-state index contributed by atoms with van der Waals surface area (Å²) in [5, 5.41) is 10.1. The van der Waals surface area contributed by atoms with Gasteiger partial charge in [0.25, 0.3) is 11.5 Å². The molecule has 0 fully saturated rings. The van der Waals surface area contributed by atoms with Crippen molar-refractivity contribution in [3.05, 3.63) is 46.3 Å². The molecule has 2 rings (SSSR count). The van der Waals surface area contributed by atoms with Crippen molar-refractivity contribution in [2.24, 2.45) is 0 Å². The monoisotopic (exact) mass is 289 g/mol. The molecule has 0 aliphatic heterocycles. The van der Waals surface area contributed by atoms with E-state index in [2.05, 4.69) is 20.5 Å². The van der Waals surface area contributed by atoms with E-state index in [-0.39, 0.29) is 23.7 Å². The molecular weight excluding hydrogens is 274 g/mol. The lowest BCUT2D eigenvalue weighted by atomic mass is 10.3. The highest BCUT2D eigenvalue weighted by Gasteiger charge is 2.07. The molecule has 2 aromatic heterocycles. The maximum atomic E-state index is 11.8. The van der Waals surface area contributed by atoms with E-state index >= 15 is 0 Å². The average molecular weight is 289 g/mol. The zero-order chi connectivity index (χ0) is 15.2. The summed E-state index contributed by atoms with van der Waals surface area (Å²) in [6, 6.07) is 4.51. The van der Waals surface area contributed by atoms with E-state index in [1.165, 1.54) is 30.1 Å². The predicted molar refractivity (Wildman–Crippen MR) is 74.2 cm³/mol. The molecule has 1 N–H and O–H groups in total. The van der Waals surface area contributed by atoms with Gasteiger partial charge in [0.05, 0.1) is 13.4 Å². The molecule has 110 valence electrons. The minimum atomic E-state index is -0.363. The molecule has 8 heteroatoms. The Labute approximate surface area is 120 Å². The number of carbonyl (C=O) groups excluding carboxylic acids is 1. The van der Waals surface area contributed by atoms with Gasteiger partial charge < -0.3 is 10.1 Å². The van der Waals surface area contributed by atoms with Crippen LogP contribution in [-0.2, 0) is 6.54 Å². The van der Waals surface area contributed by atoms with E-state index in [0.717, 1.165) is 0 Å². The first kappa shape index (κ1) is 14.6. The van der Waals surface area contributed by atoms with Crippen LogP contribution in [0.4, 0.5) is 0 Å². The molecule has 0 atom stereocenters. The van der Waals surface area contributed by atoms with E-state index in [0.29, 0.717) is 18.1 Å². The standard InChI is InChI=1S/C13H15N5O3/c1-9-7-12(19)18(8-15-9)6-5-14-13(20)10-3-4-11(21-2)17-16-10/h3-4,7-8H,5-6H2,1-2H3,(H,14,20). The van der Waals surface area contributed by atoms with Crippen LogP contribution in [0.2, 0.25) is 0 Å². The van der Waals surface area contributed by atoms with Gasteiger partial charge in [-0.05, 0) is 13.0 Å². The molecule has 0 saturated carbocycles. The van der Waals surface area contributed by atoms with Crippen LogP contribution >= 0.6 is 0 Å². The molecule has 0 aromatic carbocycles. The molecule has 1 amide bonds. The largest absolute Gasteiger partial charge is 0.480 e. The summed E-state index contributed by atoms with van der Waals surface area (Å²) in [4.78, 5) is 27.5. The molecule has 2 aromatic rings. The third-order valence-corrected chi connectivity index (χ3v) is 2.74. The lowest BCUT2D eigenvalue weighted by Gasteiger charge is -2.07. The minimum absolute atomic E-state index is 0.152. The number of nitrogens with one attached hydrogen (secondary N) is 1. The predicted octanol–water partition coefficient (Wildman–Crippen LogP) is -0.220. The average Bonchev–Trinajstić information content (AvgIpc) is 2.49. The van der Waals surface area contributed by atoms with Gasteiger partial charge in [0, 0.05) is 30.9 Å². The van der Waals surface area contributed by atoms with Gasteiger partial charge in [-0.2, -0.15) is 0 Å². The molecule has 0 bridgehead atoms. The second-order valence-electron chi connectivity index (χ2n) is 4.28. The molecule has 0 aliphatic rings. The zero-order valence-corrected chi connectivity index (χ0v) is 11.7. The maximum Gasteiger partial charge on any atom is 0.271 e. The Morgan fingerprint density at radius 1 is 1.38 bits per heavy atom. The summed E-state index contributed by atoms with van der Waals surface area (Å²) in [5.41, 5.74) is 0.694. The summed E-state index contributed by atoms with van der Waals surface area (Å²) < 4.78 is 6.28. The van der Waals surface area contributed by atoms with Crippen LogP contribution in [0.3, 0.4) is 0 Å². The van der Waals surface area contributed by atoms with Gasteiger partial charge in [0.1, 0.15) is 0 Å². The van der Waals surface area contributed by atoms with Crippen LogP contribution in [0.5, 0.6) is 5.88 Å². The molecule has 0 unspecified atom stereocenters. The van der Waals surface area contributed by atoms with Crippen molar-refractivity contribution in [1.29, 1.82) is 0 Å². The third kappa shape index (κ3) is 3.85. The number of carbonyl (C=O) groups is 1. The minimum Gasteiger partial charge on any atom is -0.480 e. The molecule has 8 nitrogen and oxygen atoms in total. The summed E-state index contributed by atoms with van der Waals surface area (Å²) in [6.45, 7) is 2.37. The molecule has 0 saturated heterocycles. The number of methoxy groups -OCH3 is 1. The number of ether oxygens (including phenoxy) is 1. The van der Waals surface area contributed by atoms with Crippen molar-refractivity contribution < 1.29 is 9.53 Å². The van der Waals surface area contributed by atoms with Crippen LogP contribution in [0.15, 0.2) is 29.3 Å². The Balaban J connectivity index is 1.90. The van der Waals surface area contributed by atoms with Gasteiger partial charge in [-0.3, -0.25) is 14.2 Å². The van der Waals surface area contributed by atoms with Gasteiger partial charge in [-0.25, -0.2) is 4.98 Å². The van der Waals surface area contributed by atoms with Crippen molar-refractivity contribution >= 4 is 5.91 Å². The second kappa shape index (κ2) is 6.60. The van der Waals surface area contributed by atoms with Crippen LogP contribution < -0.4 is 15.6 Å². The van der Waals surface area contributed by atoms with Gasteiger partial charge in [0.2, 0.25) is 5.88 Å². The summed E-state index contributed by atoms with van der Waals surface area (Å²) >= 11 is 0. The highest BCUT2D eigenvalue weighted by atomic mass is 16.5. The number of hydrogen-bond acceptors (Lipinski definition) is 6. The fourth-order valence-corrected chi connectivity index (χ4v) is 1.61. The van der Waals surface area contributed by atoms with Crippen LogP contribution in [0, 0.1) is 6.92 Å². The van der Waals surface area contributed by atoms with E-state index in [1.807, 2.05) is 0 Å². The smallest absolute Gasteiger partial charge is 0.271 e. The second-order valence-corrected chi connectivity index (χ2v) is 4.28. The molecule has 0 radical (unpaired) electrons. The van der Waals surface area contributed by atoms with Gasteiger partial charge in [-0.15, -0.1) is 10.2 Å². The summed E-state index contributed by atoms with van der Waals surface area (Å²) in [5.74, 6) is -0.0258. The molecule has 2 heterocycles. The lowest BCUT2D eigenvalue weighted by molar-refractivity contribution is 0.0946. The fraction of sp³-hybridized carbons (Fsp3) is 0.308. The molecule has 21 heavy (non-hydrogen) atoms. The Morgan fingerprint density at radius 3 is 2.81 bits per heavy atom. The first-order chi connectivity index (χ1) is 10.1. The van der Waals surface area contributed by atoms with Crippen molar-refractivity contribution in [1.82, 2.24) is 25.1 Å². The topological polar surface area (TPSA) is 99.0 Å². The Kier molecular flexibility index (Phi) is 4.60. The summed E-state index contributed by atoms with van der Waals surface area (Å²) in [6.07, 6.45) is 1.46. The van der Waals surface area contributed by atoms with Crippen molar-refractivity contribution in [2.75, 3.05) is 13.7 Å². The number of nitrogens with zero attached hydrogens (tertiary/aromatic N) is 4. The number of amides is 1. The summed E-state index contributed by atoms with van der Waals surface area (Å²) in [7, 11) is 1.47. The van der Waals surface area contributed by atoms with E-state index in [9.17, 15) is 9.59 Å². The van der Waals surface area contributed by atoms with Crippen LogP contribution in [-0.4, -0.2) is 39.3 Å². The zero-order valence-electron chi connectivity index (χ0n) is 11.7. The molecular formula is C13H15N5O3. The number of hydrogen-bond donors (Lipinski definition) is 1. The van der Waals surface area contributed by atoms with Crippen molar-refractivity contribution in [3.63, 3.8) is 0 Å². The highest BCUT2D eigenvalue weighted by Crippen LogP contribution is 2.03.